The Morgan fingerprint density at radius 3 is 2.07 bits per heavy atom. The van der Waals surface area contributed by atoms with Crippen LogP contribution in [-0.2, 0) is 5.41 Å². The summed E-state index contributed by atoms with van der Waals surface area (Å²) in [6, 6.07) is 25.4. The van der Waals surface area contributed by atoms with Gasteiger partial charge in [0.2, 0.25) is 0 Å². The lowest BCUT2D eigenvalue weighted by Gasteiger charge is -2.61. The van der Waals surface area contributed by atoms with Gasteiger partial charge >= 0.3 is 0 Å². The summed E-state index contributed by atoms with van der Waals surface area (Å²) in [5.41, 5.74) is 9.37. The van der Waals surface area contributed by atoms with Crippen LogP contribution in [0.15, 0.2) is 71.2 Å². The van der Waals surface area contributed by atoms with Crippen molar-refractivity contribution in [3.05, 3.63) is 82.3 Å². The molecule has 4 saturated carbocycles. The summed E-state index contributed by atoms with van der Waals surface area (Å²) in [5.74, 6) is 3.60. The van der Waals surface area contributed by atoms with E-state index in [4.69, 9.17) is 0 Å². The first-order chi connectivity index (χ1) is 14.2. The molecule has 4 bridgehead atoms. The maximum absolute atomic E-state index is 3.72. The minimum absolute atomic E-state index is 0.234. The Morgan fingerprint density at radius 2 is 1.31 bits per heavy atom. The van der Waals surface area contributed by atoms with Gasteiger partial charge < -0.3 is 0 Å². The first kappa shape index (κ1) is 16.9. The van der Waals surface area contributed by atoms with Crippen LogP contribution >= 0.6 is 15.9 Å². The molecule has 0 nitrogen and oxygen atoms in total. The van der Waals surface area contributed by atoms with Crippen LogP contribution in [0.25, 0.3) is 22.3 Å². The van der Waals surface area contributed by atoms with Gasteiger partial charge in [-0.2, -0.15) is 0 Å². The van der Waals surface area contributed by atoms with E-state index in [2.05, 4.69) is 82.7 Å². The van der Waals surface area contributed by atoms with Crippen LogP contribution in [-0.4, -0.2) is 0 Å². The third-order valence-electron chi connectivity index (χ3n) is 8.70. The van der Waals surface area contributed by atoms with E-state index in [1.807, 2.05) is 0 Å². The van der Waals surface area contributed by atoms with Crippen LogP contribution in [0.3, 0.4) is 0 Å². The monoisotopic (exact) mass is 440 g/mol. The fourth-order valence-electron chi connectivity index (χ4n) is 8.11. The average molecular weight is 441 g/mol. The molecular weight excluding hydrogens is 416 g/mol. The van der Waals surface area contributed by atoms with Crippen molar-refractivity contribution < 1.29 is 0 Å². The second-order valence-corrected chi connectivity index (χ2v) is 10.9. The molecule has 3 aromatic rings. The number of rotatable bonds is 1. The Kier molecular flexibility index (Phi) is 3.41. The fraction of sp³-hybridized carbons (Fsp3) is 0.357. The fourth-order valence-corrected chi connectivity index (χ4v) is 8.51. The van der Waals surface area contributed by atoms with Crippen LogP contribution < -0.4 is 0 Å². The van der Waals surface area contributed by atoms with Crippen molar-refractivity contribution in [3.8, 4) is 22.3 Å². The molecule has 0 heterocycles. The normalized spacial score (nSPS) is 33.1. The van der Waals surface area contributed by atoms with Crippen LogP contribution in [0.4, 0.5) is 0 Å². The zero-order valence-electron chi connectivity index (χ0n) is 16.6. The summed E-state index contributed by atoms with van der Waals surface area (Å²) in [4.78, 5) is 0. The van der Waals surface area contributed by atoms with Gasteiger partial charge in [-0.1, -0.05) is 70.5 Å². The summed E-state index contributed by atoms with van der Waals surface area (Å²) >= 11 is 3.72. The van der Waals surface area contributed by atoms with E-state index in [1.54, 1.807) is 11.1 Å². The quantitative estimate of drug-likeness (QED) is 0.361. The van der Waals surface area contributed by atoms with Gasteiger partial charge in [0.05, 0.1) is 0 Å². The van der Waals surface area contributed by atoms with Crippen LogP contribution in [0.2, 0.25) is 0 Å². The van der Waals surface area contributed by atoms with Crippen molar-refractivity contribution in [1.29, 1.82) is 0 Å². The summed E-state index contributed by atoms with van der Waals surface area (Å²) < 4.78 is 1.17. The topological polar surface area (TPSA) is 0 Å². The predicted octanol–water partition coefficient (Wildman–Crippen LogP) is 7.84. The highest BCUT2D eigenvalue weighted by Crippen LogP contribution is 2.70. The van der Waals surface area contributed by atoms with E-state index < -0.39 is 0 Å². The van der Waals surface area contributed by atoms with Crippen molar-refractivity contribution in [2.45, 2.75) is 37.5 Å². The number of benzene rings is 3. The van der Waals surface area contributed by atoms with E-state index in [0.29, 0.717) is 0 Å². The lowest BCUT2D eigenvalue weighted by molar-refractivity contribution is -0.0397. The Hall–Kier alpha value is -1.86. The van der Waals surface area contributed by atoms with Gasteiger partial charge in [-0.25, -0.2) is 0 Å². The van der Waals surface area contributed by atoms with Crippen molar-refractivity contribution in [2.75, 3.05) is 0 Å². The lowest BCUT2D eigenvalue weighted by atomic mass is 9.42. The summed E-state index contributed by atoms with van der Waals surface area (Å²) in [6.45, 7) is 0. The lowest BCUT2D eigenvalue weighted by Crippen LogP contribution is -2.55. The minimum Gasteiger partial charge on any atom is -0.0619 e. The summed E-state index contributed by atoms with van der Waals surface area (Å²) in [7, 11) is 0. The molecule has 3 aromatic carbocycles. The summed E-state index contributed by atoms with van der Waals surface area (Å²) in [6.07, 6.45) is 7.26. The Labute approximate surface area is 181 Å². The van der Waals surface area contributed by atoms with Gasteiger partial charge in [0.25, 0.3) is 0 Å². The molecule has 144 valence electrons. The maximum atomic E-state index is 3.72. The standard InChI is InChI=1S/C28H25Br/c29-22-6-3-5-19(16-22)23-8-4-9-25-24-7-1-2-10-26(24)28(27(23)25)20-12-17-11-18(14-20)15-21(28)13-17/h1-10,16-18,20-21H,11-15H2. The first-order valence-corrected chi connectivity index (χ1v) is 12.0. The highest BCUT2D eigenvalue weighted by atomic mass is 79.9. The number of hydrogen-bond acceptors (Lipinski definition) is 0. The number of hydrogen-bond donors (Lipinski definition) is 0. The average Bonchev–Trinajstić information content (AvgIpc) is 3.03. The molecule has 1 heteroatoms. The van der Waals surface area contributed by atoms with Gasteiger partial charge in [0.15, 0.2) is 0 Å². The highest BCUT2D eigenvalue weighted by Gasteiger charge is 2.62. The molecule has 0 N–H and O–H groups in total. The van der Waals surface area contributed by atoms with Crippen LogP contribution in [0.5, 0.6) is 0 Å². The first-order valence-electron chi connectivity index (χ1n) is 11.2. The highest BCUT2D eigenvalue weighted by molar-refractivity contribution is 9.10. The molecule has 0 aliphatic heterocycles. The molecule has 5 aliphatic rings. The van der Waals surface area contributed by atoms with Gasteiger partial charge in [0.1, 0.15) is 0 Å². The molecule has 1 spiro atoms. The Balaban J connectivity index is 1.57. The zero-order valence-corrected chi connectivity index (χ0v) is 18.2. The molecule has 0 saturated heterocycles. The second-order valence-electron chi connectivity index (χ2n) is 9.96. The molecule has 5 aliphatic carbocycles. The van der Waals surface area contributed by atoms with E-state index in [0.717, 1.165) is 23.7 Å². The maximum Gasteiger partial charge on any atom is 0.0278 e. The second kappa shape index (κ2) is 5.85. The smallest absolute Gasteiger partial charge is 0.0278 e. The molecule has 4 fully saturated rings. The van der Waals surface area contributed by atoms with Crippen molar-refractivity contribution in [1.82, 2.24) is 0 Å². The molecular formula is C28H25Br. The number of halogens is 1. The van der Waals surface area contributed by atoms with Crippen molar-refractivity contribution >= 4 is 15.9 Å². The summed E-state index contributed by atoms with van der Waals surface area (Å²) in [5, 5.41) is 0. The van der Waals surface area contributed by atoms with Gasteiger partial charge in [-0.05, 0) is 101 Å². The van der Waals surface area contributed by atoms with Gasteiger partial charge in [-0.3, -0.25) is 0 Å². The SMILES string of the molecule is Brc1cccc(-c2cccc3c2C2(c4ccccc4-3)C3CC4CC(C3)CC2C4)c1. The molecule has 0 amide bonds. The van der Waals surface area contributed by atoms with Crippen LogP contribution in [0.1, 0.15) is 43.2 Å². The van der Waals surface area contributed by atoms with Crippen molar-refractivity contribution in [2.24, 2.45) is 23.7 Å². The third-order valence-corrected chi connectivity index (χ3v) is 9.20. The Morgan fingerprint density at radius 1 is 0.655 bits per heavy atom. The Bertz CT molecular complexity index is 1110. The molecule has 0 radical (unpaired) electrons. The van der Waals surface area contributed by atoms with Gasteiger partial charge in [0, 0.05) is 9.89 Å². The van der Waals surface area contributed by atoms with Gasteiger partial charge in [-0.15, -0.1) is 0 Å². The molecule has 0 atom stereocenters. The largest absolute Gasteiger partial charge is 0.0619 e. The van der Waals surface area contributed by atoms with E-state index in [-0.39, 0.29) is 5.41 Å². The zero-order chi connectivity index (χ0) is 19.2. The van der Waals surface area contributed by atoms with E-state index >= 15 is 0 Å². The molecule has 0 aromatic heterocycles. The predicted molar refractivity (Wildman–Crippen MR) is 123 cm³/mol. The van der Waals surface area contributed by atoms with Crippen molar-refractivity contribution in [3.63, 3.8) is 0 Å². The van der Waals surface area contributed by atoms with E-state index in [9.17, 15) is 0 Å². The third kappa shape index (κ3) is 2.10. The molecule has 8 rings (SSSR count). The van der Waals surface area contributed by atoms with Crippen LogP contribution in [0, 0.1) is 23.7 Å². The molecule has 29 heavy (non-hydrogen) atoms. The minimum atomic E-state index is 0.234. The van der Waals surface area contributed by atoms with E-state index in [1.165, 1.54) is 58.8 Å². The number of fused-ring (bicyclic) bond motifs is 3. The molecule has 0 unspecified atom stereocenters.